The van der Waals surface area contributed by atoms with Crippen LogP contribution in [0.1, 0.15) is 32.6 Å². The van der Waals surface area contributed by atoms with Crippen molar-refractivity contribution in [2.75, 3.05) is 7.11 Å². The number of hydrogen-bond acceptors (Lipinski definition) is 2. The van der Waals surface area contributed by atoms with E-state index in [0.29, 0.717) is 0 Å². The van der Waals surface area contributed by atoms with Crippen LogP contribution in [0.3, 0.4) is 0 Å². The zero-order valence-corrected chi connectivity index (χ0v) is 8.30. The molecule has 0 aromatic rings. The molecular formula is C10H17NO2. The highest BCUT2D eigenvalue weighted by atomic mass is 16.5. The van der Waals surface area contributed by atoms with Gasteiger partial charge in [0.25, 0.3) is 0 Å². The van der Waals surface area contributed by atoms with Gasteiger partial charge in [-0.05, 0) is 32.6 Å². The minimum absolute atomic E-state index is 0.118. The van der Waals surface area contributed by atoms with Gasteiger partial charge in [-0.1, -0.05) is 11.6 Å². The van der Waals surface area contributed by atoms with Crippen molar-refractivity contribution in [3.8, 4) is 0 Å². The van der Waals surface area contributed by atoms with Crippen LogP contribution in [0.4, 0.5) is 4.79 Å². The van der Waals surface area contributed by atoms with Gasteiger partial charge in [0.15, 0.2) is 0 Å². The first-order valence-electron chi connectivity index (χ1n) is 4.77. The second-order valence-electron chi connectivity index (χ2n) is 3.38. The van der Waals surface area contributed by atoms with E-state index in [0.717, 1.165) is 12.8 Å². The molecule has 13 heavy (non-hydrogen) atoms. The molecule has 1 atom stereocenters. The number of amides is 1. The SMILES string of the molecule is COC(=O)N[C@@H](C)C1=CCCCC1. The molecule has 3 heteroatoms. The molecule has 1 amide bonds. The molecule has 0 spiro atoms. The maximum Gasteiger partial charge on any atom is 0.407 e. The summed E-state index contributed by atoms with van der Waals surface area (Å²) in [7, 11) is 1.39. The van der Waals surface area contributed by atoms with Crippen LogP contribution in [0.5, 0.6) is 0 Å². The fourth-order valence-corrected chi connectivity index (χ4v) is 1.58. The van der Waals surface area contributed by atoms with Crippen LogP contribution in [0, 0.1) is 0 Å². The number of rotatable bonds is 2. The number of carbonyl (C=O) groups is 1. The lowest BCUT2D eigenvalue weighted by atomic mass is 9.95. The predicted molar refractivity (Wildman–Crippen MR) is 51.6 cm³/mol. The lowest BCUT2D eigenvalue weighted by molar-refractivity contribution is 0.168. The van der Waals surface area contributed by atoms with Crippen molar-refractivity contribution in [3.63, 3.8) is 0 Å². The Kier molecular flexibility index (Phi) is 3.80. The number of methoxy groups -OCH3 is 1. The topological polar surface area (TPSA) is 38.3 Å². The molecule has 1 N–H and O–H groups in total. The van der Waals surface area contributed by atoms with Crippen LogP contribution in [0.2, 0.25) is 0 Å². The highest BCUT2D eigenvalue weighted by Gasteiger charge is 2.13. The summed E-state index contributed by atoms with van der Waals surface area (Å²) < 4.78 is 4.53. The lowest BCUT2D eigenvalue weighted by Gasteiger charge is -2.19. The Labute approximate surface area is 79.2 Å². The van der Waals surface area contributed by atoms with Gasteiger partial charge in [0.05, 0.1) is 13.2 Å². The van der Waals surface area contributed by atoms with E-state index in [2.05, 4.69) is 16.1 Å². The lowest BCUT2D eigenvalue weighted by Crippen LogP contribution is -2.34. The molecule has 0 fully saturated rings. The van der Waals surface area contributed by atoms with Crippen LogP contribution in [-0.2, 0) is 4.74 Å². The Balaban J connectivity index is 2.41. The van der Waals surface area contributed by atoms with Gasteiger partial charge in [-0.15, -0.1) is 0 Å². The van der Waals surface area contributed by atoms with E-state index in [-0.39, 0.29) is 12.1 Å². The summed E-state index contributed by atoms with van der Waals surface area (Å²) in [5.74, 6) is 0. The first kappa shape index (κ1) is 10.1. The summed E-state index contributed by atoms with van der Waals surface area (Å²) in [5, 5.41) is 2.77. The van der Waals surface area contributed by atoms with Crippen LogP contribution in [-0.4, -0.2) is 19.2 Å². The summed E-state index contributed by atoms with van der Waals surface area (Å²) in [6, 6.07) is 0.118. The average molecular weight is 183 g/mol. The van der Waals surface area contributed by atoms with Crippen molar-refractivity contribution in [3.05, 3.63) is 11.6 Å². The Morgan fingerprint density at radius 1 is 1.62 bits per heavy atom. The van der Waals surface area contributed by atoms with E-state index >= 15 is 0 Å². The molecule has 0 saturated heterocycles. The highest BCUT2D eigenvalue weighted by Crippen LogP contribution is 2.19. The van der Waals surface area contributed by atoms with Gasteiger partial charge in [-0.2, -0.15) is 0 Å². The minimum Gasteiger partial charge on any atom is -0.453 e. The largest absolute Gasteiger partial charge is 0.453 e. The van der Waals surface area contributed by atoms with Crippen molar-refractivity contribution in [2.24, 2.45) is 0 Å². The molecule has 0 radical (unpaired) electrons. The molecule has 0 aliphatic heterocycles. The Morgan fingerprint density at radius 2 is 2.38 bits per heavy atom. The number of ether oxygens (including phenoxy) is 1. The molecule has 1 rings (SSSR count). The summed E-state index contributed by atoms with van der Waals surface area (Å²) in [6.07, 6.45) is 6.63. The van der Waals surface area contributed by atoms with Crippen LogP contribution < -0.4 is 5.32 Å². The molecule has 1 aliphatic carbocycles. The fraction of sp³-hybridized carbons (Fsp3) is 0.700. The van der Waals surface area contributed by atoms with E-state index in [1.54, 1.807) is 0 Å². The summed E-state index contributed by atoms with van der Waals surface area (Å²) in [5.41, 5.74) is 1.33. The molecule has 0 bridgehead atoms. The van der Waals surface area contributed by atoms with E-state index in [1.165, 1.54) is 25.5 Å². The van der Waals surface area contributed by atoms with Crippen molar-refractivity contribution >= 4 is 6.09 Å². The van der Waals surface area contributed by atoms with E-state index < -0.39 is 0 Å². The van der Waals surface area contributed by atoms with Crippen LogP contribution >= 0.6 is 0 Å². The van der Waals surface area contributed by atoms with E-state index in [9.17, 15) is 4.79 Å². The van der Waals surface area contributed by atoms with Crippen LogP contribution in [0.15, 0.2) is 11.6 Å². The monoisotopic (exact) mass is 183 g/mol. The number of alkyl carbamates (subject to hydrolysis) is 1. The molecule has 0 heterocycles. The first-order chi connectivity index (χ1) is 6.24. The normalized spacial score (nSPS) is 18.8. The molecular weight excluding hydrogens is 166 g/mol. The molecule has 0 aromatic heterocycles. The standard InChI is InChI=1S/C10H17NO2/c1-8(11-10(12)13-2)9-6-4-3-5-7-9/h6,8H,3-5,7H2,1-2H3,(H,11,12)/t8-/m0/s1. The smallest absolute Gasteiger partial charge is 0.407 e. The summed E-state index contributed by atoms with van der Waals surface area (Å²) in [6.45, 7) is 1.99. The number of nitrogens with one attached hydrogen (secondary N) is 1. The maximum atomic E-state index is 10.9. The number of hydrogen-bond donors (Lipinski definition) is 1. The zero-order chi connectivity index (χ0) is 9.68. The summed E-state index contributed by atoms with van der Waals surface area (Å²) >= 11 is 0. The highest BCUT2D eigenvalue weighted by molar-refractivity contribution is 5.67. The van der Waals surface area contributed by atoms with Gasteiger partial charge >= 0.3 is 6.09 Å². The Morgan fingerprint density at radius 3 is 2.92 bits per heavy atom. The summed E-state index contributed by atoms with van der Waals surface area (Å²) in [4.78, 5) is 10.9. The van der Waals surface area contributed by atoms with Crippen LogP contribution in [0.25, 0.3) is 0 Å². The van der Waals surface area contributed by atoms with Gasteiger partial charge in [0.2, 0.25) is 0 Å². The molecule has 1 aliphatic rings. The maximum absolute atomic E-state index is 10.9. The third kappa shape index (κ3) is 3.09. The molecule has 74 valence electrons. The molecule has 0 aromatic carbocycles. The third-order valence-electron chi connectivity index (χ3n) is 2.40. The van der Waals surface area contributed by atoms with Crippen molar-refractivity contribution in [1.82, 2.24) is 5.32 Å². The Bertz CT molecular complexity index is 211. The van der Waals surface area contributed by atoms with Gasteiger partial charge in [0.1, 0.15) is 0 Å². The Hall–Kier alpha value is -0.990. The van der Waals surface area contributed by atoms with Gasteiger partial charge in [-0.3, -0.25) is 0 Å². The first-order valence-corrected chi connectivity index (χ1v) is 4.77. The fourth-order valence-electron chi connectivity index (χ4n) is 1.58. The quantitative estimate of drug-likeness (QED) is 0.667. The molecule has 3 nitrogen and oxygen atoms in total. The van der Waals surface area contributed by atoms with E-state index in [1.807, 2.05) is 6.92 Å². The van der Waals surface area contributed by atoms with Gasteiger partial charge in [0, 0.05) is 0 Å². The molecule has 0 saturated carbocycles. The minimum atomic E-state index is -0.348. The average Bonchev–Trinajstić information content (AvgIpc) is 2.19. The predicted octanol–water partition coefficient (Wildman–Crippen LogP) is 2.23. The third-order valence-corrected chi connectivity index (χ3v) is 2.40. The van der Waals surface area contributed by atoms with Crippen molar-refractivity contribution < 1.29 is 9.53 Å². The van der Waals surface area contributed by atoms with Crippen molar-refractivity contribution in [1.29, 1.82) is 0 Å². The zero-order valence-electron chi connectivity index (χ0n) is 8.30. The number of carbonyl (C=O) groups excluding carboxylic acids is 1. The van der Waals surface area contributed by atoms with E-state index in [4.69, 9.17) is 0 Å². The second kappa shape index (κ2) is 4.90. The molecule has 0 unspecified atom stereocenters. The van der Waals surface area contributed by atoms with Gasteiger partial charge < -0.3 is 10.1 Å². The number of allylic oxidation sites excluding steroid dienone is 1. The van der Waals surface area contributed by atoms with Gasteiger partial charge in [-0.25, -0.2) is 4.79 Å². The second-order valence-corrected chi connectivity index (χ2v) is 3.38. The van der Waals surface area contributed by atoms with Crippen molar-refractivity contribution in [2.45, 2.75) is 38.6 Å².